The molecule has 1 atom stereocenters. The molecule has 0 spiro atoms. The molecule has 128 valence electrons. The van der Waals surface area contributed by atoms with E-state index in [1.165, 1.54) is 56.3 Å². The lowest BCUT2D eigenvalue weighted by Gasteiger charge is -2.23. The van der Waals surface area contributed by atoms with E-state index in [-0.39, 0.29) is 17.9 Å². The van der Waals surface area contributed by atoms with Crippen molar-refractivity contribution >= 4 is 11.8 Å². The molecule has 4 nitrogen and oxygen atoms in total. The molecule has 4 heteroatoms. The van der Waals surface area contributed by atoms with Crippen LogP contribution in [0.15, 0.2) is 0 Å². The van der Waals surface area contributed by atoms with Crippen LogP contribution in [0, 0.1) is 0 Å². The van der Waals surface area contributed by atoms with E-state index in [1.807, 2.05) is 0 Å². The smallest absolute Gasteiger partial charge is 0.229 e. The van der Waals surface area contributed by atoms with Gasteiger partial charge in [0.05, 0.1) is 0 Å². The first kappa shape index (κ1) is 19.1. The largest absolute Gasteiger partial charge is 0.312 e. The molecule has 0 bridgehead atoms. The highest BCUT2D eigenvalue weighted by Gasteiger charge is 2.30. The van der Waals surface area contributed by atoms with Crippen LogP contribution in [0.3, 0.4) is 0 Å². The van der Waals surface area contributed by atoms with Gasteiger partial charge in [0.1, 0.15) is 0 Å². The summed E-state index contributed by atoms with van der Waals surface area (Å²) in [6.07, 6.45) is 12.3. The number of hydrogen-bond donors (Lipinski definition) is 1. The van der Waals surface area contributed by atoms with Crippen LogP contribution < -0.4 is 5.32 Å². The van der Waals surface area contributed by atoms with Crippen molar-refractivity contribution in [3.05, 3.63) is 0 Å². The van der Waals surface area contributed by atoms with Gasteiger partial charge in [-0.1, -0.05) is 65.2 Å². The second kappa shape index (κ2) is 11.6. The van der Waals surface area contributed by atoms with Crippen LogP contribution in [0.2, 0.25) is 0 Å². The SMILES string of the molecule is CCCCCCCCCCC(CN1C(=O)CCC1=O)NCC. The first-order chi connectivity index (χ1) is 10.7. The number of amides is 2. The quantitative estimate of drug-likeness (QED) is 0.417. The molecular formula is C18H34N2O2. The molecule has 1 unspecified atom stereocenters. The molecule has 2 amide bonds. The standard InChI is InChI=1S/C18H34N2O2/c1-3-5-6-7-8-9-10-11-12-16(19-4-2)15-20-17(21)13-14-18(20)22/h16,19H,3-15H2,1-2H3. The Kier molecular flexibility index (Phi) is 10.1. The summed E-state index contributed by atoms with van der Waals surface area (Å²) in [5, 5.41) is 3.42. The van der Waals surface area contributed by atoms with Gasteiger partial charge in [-0.3, -0.25) is 14.5 Å². The molecule has 1 aliphatic heterocycles. The Morgan fingerprint density at radius 2 is 1.45 bits per heavy atom. The average Bonchev–Trinajstić information content (AvgIpc) is 2.82. The number of rotatable bonds is 13. The topological polar surface area (TPSA) is 49.4 Å². The van der Waals surface area contributed by atoms with Gasteiger partial charge in [-0.15, -0.1) is 0 Å². The van der Waals surface area contributed by atoms with Crippen LogP contribution in [0.4, 0.5) is 0 Å². The number of imide groups is 1. The van der Waals surface area contributed by atoms with Crippen molar-refractivity contribution in [3.63, 3.8) is 0 Å². The first-order valence-corrected chi connectivity index (χ1v) is 9.25. The second-order valence-electron chi connectivity index (χ2n) is 6.42. The molecule has 1 saturated heterocycles. The van der Waals surface area contributed by atoms with E-state index >= 15 is 0 Å². The molecule has 0 radical (unpaired) electrons. The summed E-state index contributed by atoms with van der Waals surface area (Å²) in [6.45, 7) is 5.77. The number of nitrogens with one attached hydrogen (secondary N) is 1. The number of carbonyl (C=O) groups excluding carboxylic acids is 2. The average molecular weight is 310 g/mol. The Morgan fingerprint density at radius 1 is 0.909 bits per heavy atom. The molecule has 0 aliphatic carbocycles. The van der Waals surface area contributed by atoms with Crippen LogP contribution in [-0.2, 0) is 9.59 Å². The zero-order valence-corrected chi connectivity index (χ0v) is 14.5. The summed E-state index contributed by atoms with van der Waals surface area (Å²) >= 11 is 0. The van der Waals surface area contributed by atoms with Crippen molar-refractivity contribution in [2.75, 3.05) is 13.1 Å². The van der Waals surface area contributed by atoms with E-state index < -0.39 is 0 Å². The molecular weight excluding hydrogens is 276 g/mol. The van der Waals surface area contributed by atoms with Gasteiger partial charge in [0, 0.05) is 25.4 Å². The van der Waals surface area contributed by atoms with Crippen LogP contribution in [0.5, 0.6) is 0 Å². The van der Waals surface area contributed by atoms with Gasteiger partial charge in [0.25, 0.3) is 0 Å². The molecule has 1 fully saturated rings. The summed E-state index contributed by atoms with van der Waals surface area (Å²) in [6, 6.07) is 0.260. The molecule has 1 rings (SSSR count). The molecule has 0 aromatic rings. The van der Waals surface area contributed by atoms with Gasteiger partial charge in [-0.05, 0) is 13.0 Å². The van der Waals surface area contributed by atoms with Crippen molar-refractivity contribution in [3.8, 4) is 0 Å². The van der Waals surface area contributed by atoms with Crippen molar-refractivity contribution in [2.24, 2.45) is 0 Å². The van der Waals surface area contributed by atoms with Crippen molar-refractivity contribution in [1.29, 1.82) is 0 Å². The van der Waals surface area contributed by atoms with Gasteiger partial charge in [-0.2, -0.15) is 0 Å². The van der Waals surface area contributed by atoms with E-state index in [2.05, 4.69) is 19.2 Å². The zero-order chi connectivity index (χ0) is 16.2. The second-order valence-corrected chi connectivity index (χ2v) is 6.42. The Bertz CT molecular complexity index is 315. The molecule has 1 heterocycles. The van der Waals surface area contributed by atoms with E-state index in [4.69, 9.17) is 0 Å². The third-order valence-corrected chi connectivity index (χ3v) is 4.46. The van der Waals surface area contributed by atoms with Gasteiger partial charge < -0.3 is 5.32 Å². The number of likely N-dealkylation sites (N-methyl/N-ethyl adjacent to an activating group) is 1. The highest BCUT2D eigenvalue weighted by Crippen LogP contribution is 2.15. The fraction of sp³-hybridized carbons (Fsp3) is 0.889. The van der Waals surface area contributed by atoms with Crippen molar-refractivity contribution in [1.82, 2.24) is 10.2 Å². The number of unbranched alkanes of at least 4 members (excludes halogenated alkanes) is 7. The molecule has 0 aromatic heterocycles. The Morgan fingerprint density at radius 3 is 2.00 bits per heavy atom. The minimum atomic E-state index is 0.00354. The Hall–Kier alpha value is -0.900. The van der Waals surface area contributed by atoms with Gasteiger partial charge in [-0.25, -0.2) is 0 Å². The summed E-state index contributed by atoms with van der Waals surface area (Å²) in [5.41, 5.74) is 0. The van der Waals surface area contributed by atoms with Gasteiger partial charge in [0.2, 0.25) is 11.8 Å². The minimum Gasteiger partial charge on any atom is -0.312 e. The molecule has 22 heavy (non-hydrogen) atoms. The van der Waals surface area contributed by atoms with Gasteiger partial charge >= 0.3 is 0 Å². The number of likely N-dealkylation sites (tertiary alicyclic amines) is 1. The predicted octanol–water partition coefficient (Wildman–Crippen LogP) is 3.64. The Balaban J connectivity index is 2.15. The van der Waals surface area contributed by atoms with Crippen molar-refractivity contribution in [2.45, 2.75) is 90.5 Å². The molecule has 0 aromatic carbocycles. The van der Waals surface area contributed by atoms with Gasteiger partial charge in [0.15, 0.2) is 0 Å². The summed E-state index contributed by atoms with van der Waals surface area (Å²) in [5.74, 6) is 0.00709. The molecule has 0 saturated carbocycles. The third-order valence-electron chi connectivity index (χ3n) is 4.46. The highest BCUT2D eigenvalue weighted by molar-refractivity contribution is 6.01. The van der Waals surface area contributed by atoms with E-state index in [0.29, 0.717) is 19.4 Å². The predicted molar refractivity (Wildman–Crippen MR) is 90.6 cm³/mol. The van der Waals surface area contributed by atoms with E-state index in [1.54, 1.807) is 0 Å². The van der Waals surface area contributed by atoms with E-state index in [9.17, 15) is 9.59 Å². The minimum absolute atomic E-state index is 0.00354. The maximum absolute atomic E-state index is 11.7. The first-order valence-electron chi connectivity index (χ1n) is 9.25. The van der Waals surface area contributed by atoms with Crippen LogP contribution >= 0.6 is 0 Å². The van der Waals surface area contributed by atoms with Crippen LogP contribution in [0.1, 0.15) is 84.5 Å². The normalized spacial score (nSPS) is 16.5. The number of carbonyl (C=O) groups is 2. The summed E-state index contributed by atoms with van der Waals surface area (Å²) < 4.78 is 0. The van der Waals surface area contributed by atoms with Crippen LogP contribution in [0.25, 0.3) is 0 Å². The van der Waals surface area contributed by atoms with Crippen molar-refractivity contribution < 1.29 is 9.59 Å². The zero-order valence-electron chi connectivity index (χ0n) is 14.5. The lowest BCUT2D eigenvalue weighted by atomic mass is 10.0. The third kappa shape index (κ3) is 7.39. The highest BCUT2D eigenvalue weighted by atomic mass is 16.2. The maximum atomic E-state index is 11.7. The lowest BCUT2D eigenvalue weighted by Crippen LogP contribution is -2.43. The molecule has 1 N–H and O–H groups in total. The summed E-state index contributed by atoms with van der Waals surface area (Å²) in [7, 11) is 0. The lowest BCUT2D eigenvalue weighted by molar-refractivity contribution is -0.138. The Labute approximate surface area is 136 Å². The fourth-order valence-electron chi connectivity index (χ4n) is 3.12. The number of nitrogens with zero attached hydrogens (tertiary/aromatic N) is 1. The fourth-order valence-corrected chi connectivity index (χ4v) is 3.12. The monoisotopic (exact) mass is 310 g/mol. The molecule has 1 aliphatic rings. The van der Waals surface area contributed by atoms with E-state index in [0.717, 1.165) is 13.0 Å². The summed E-state index contributed by atoms with van der Waals surface area (Å²) in [4.78, 5) is 24.9. The van der Waals surface area contributed by atoms with Crippen LogP contribution in [-0.4, -0.2) is 35.8 Å². The number of hydrogen-bond acceptors (Lipinski definition) is 3. The maximum Gasteiger partial charge on any atom is 0.229 e.